The molecule has 0 spiro atoms. The quantitative estimate of drug-likeness (QED) is 0.849. The van der Waals surface area contributed by atoms with Crippen LogP contribution in [0, 0.1) is 0 Å². The molecule has 1 heterocycles. The molecule has 0 aliphatic heterocycles. The molecule has 0 radical (unpaired) electrons. The lowest BCUT2D eigenvalue weighted by Gasteiger charge is -2.08. The van der Waals surface area contributed by atoms with Crippen LogP contribution in [0.15, 0.2) is 36.4 Å². The molecular formula is C13H9F3N2O. The molecule has 0 saturated carbocycles. The highest BCUT2D eigenvalue weighted by Gasteiger charge is 2.29. The first-order chi connectivity index (χ1) is 8.90. The number of nitrogen functional groups attached to an aromatic ring is 1. The first-order valence-corrected chi connectivity index (χ1v) is 5.30. The van der Waals surface area contributed by atoms with Crippen molar-refractivity contribution >= 4 is 12.1 Å². The zero-order valence-electron chi connectivity index (χ0n) is 9.61. The van der Waals surface area contributed by atoms with Crippen LogP contribution in [0.5, 0.6) is 0 Å². The minimum Gasteiger partial charge on any atom is -0.384 e. The van der Waals surface area contributed by atoms with E-state index in [1.54, 1.807) is 0 Å². The number of alkyl halides is 3. The molecule has 0 saturated heterocycles. The lowest BCUT2D eigenvalue weighted by atomic mass is 10.0. The highest BCUT2D eigenvalue weighted by Crippen LogP contribution is 2.31. The van der Waals surface area contributed by atoms with Gasteiger partial charge >= 0.3 is 6.18 Å². The van der Waals surface area contributed by atoms with Gasteiger partial charge in [0.1, 0.15) is 11.5 Å². The summed E-state index contributed by atoms with van der Waals surface area (Å²) < 4.78 is 37.3. The van der Waals surface area contributed by atoms with Crippen molar-refractivity contribution in [2.45, 2.75) is 6.18 Å². The number of hydrogen-bond acceptors (Lipinski definition) is 3. The van der Waals surface area contributed by atoms with Crippen LogP contribution in [-0.2, 0) is 6.18 Å². The number of pyridine rings is 1. The van der Waals surface area contributed by atoms with Gasteiger partial charge in [-0.3, -0.25) is 4.79 Å². The number of aldehydes is 1. The van der Waals surface area contributed by atoms with Crippen molar-refractivity contribution in [2.75, 3.05) is 5.73 Å². The fourth-order valence-electron chi connectivity index (χ4n) is 1.65. The second-order valence-electron chi connectivity index (χ2n) is 3.90. The average molecular weight is 266 g/mol. The monoisotopic (exact) mass is 266 g/mol. The van der Waals surface area contributed by atoms with E-state index in [1.165, 1.54) is 24.3 Å². The molecule has 0 bridgehead atoms. The molecule has 2 N–H and O–H groups in total. The lowest BCUT2D eigenvalue weighted by molar-refractivity contribution is -0.137. The van der Waals surface area contributed by atoms with Crippen molar-refractivity contribution in [2.24, 2.45) is 0 Å². The van der Waals surface area contributed by atoms with Crippen molar-refractivity contribution in [3.8, 4) is 11.1 Å². The van der Waals surface area contributed by atoms with Crippen LogP contribution >= 0.6 is 0 Å². The van der Waals surface area contributed by atoms with Crippen LogP contribution in [0.4, 0.5) is 19.0 Å². The molecule has 98 valence electrons. The molecule has 2 rings (SSSR count). The molecule has 6 heteroatoms. The minimum atomic E-state index is -4.37. The van der Waals surface area contributed by atoms with Gasteiger partial charge in [-0.15, -0.1) is 0 Å². The molecule has 0 aliphatic carbocycles. The maximum absolute atomic E-state index is 12.4. The zero-order chi connectivity index (χ0) is 14.0. The summed E-state index contributed by atoms with van der Waals surface area (Å²) in [5, 5.41) is 0. The summed E-state index contributed by atoms with van der Waals surface area (Å²) in [5.74, 6) is 0.138. The number of halogens is 3. The van der Waals surface area contributed by atoms with Gasteiger partial charge in [-0.1, -0.05) is 12.1 Å². The highest BCUT2D eigenvalue weighted by atomic mass is 19.4. The molecule has 3 nitrogen and oxygen atoms in total. The first kappa shape index (κ1) is 13.1. The van der Waals surface area contributed by atoms with Crippen LogP contribution in [0.1, 0.15) is 16.1 Å². The third-order valence-corrected chi connectivity index (χ3v) is 2.53. The number of benzene rings is 1. The summed E-state index contributed by atoms with van der Waals surface area (Å²) >= 11 is 0. The number of anilines is 1. The number of rotatable bonds is 2. The maximum atomic E-state index is 12.4. The first-order valence-electron chi connectivity index (χ1n) is 5.30. The van der Waals surface area contributed by atoms with E-state index in [4.69, 9.17) is 5.73 Å². The molecule has 1 aromatic carbocycles. The fraction of sp³-hybridized carbons (Fsp3) is 0.0769. The number of carbonyl (C=O) groups excluding carboxylic acids is 1. The Kier molecular flexibility index (Phi) is 3.25. The van der Waals surface area contributed by atoms with Gasteiger partial charge in [-0.05, 0) is 35.4 Å². The number of hydrogen-bond donors (Lipinski definition) is 1. The SMILES string of the molecule is Nc1cc(-c2ccc(C(F)(F)F)cc2)cc(C=O)n1. The summed E-state index contributed by atoms with van der Waals surface area (Å²) in [5.41, 5.74) is 6.01. The summed E-state index contributed by atoms with van der Waals surface area (Å²) in [6.07, 6.45) is -3.84. The van der Waals surface area contributed by atoms with Gasteiger partial charge in [0.25, 0.3) is 0 Å². The molecule has 1 aromatic heterocycles. The Morgan fingerprint density at radius 1 is 1.05 bits per heavy atom. The van der Waals surface area contributed by atoms with E-state index in [2.05, 4.69) is 4.98 Å². The Labute approximate surface area is 106 Å². The lowest BCUT2D eigenvalue weighted by Crippen LogP contribution is -2.04. The number of aromatic nitrogens is 1. The normalized spacial score (nSPS) is 11.3. The van der Waals surface area contributed by atoms with Crippen LogP contribution in [0.2, 0.25) is 0 Å². The van der Waals surface area contributed by atoms with E-state index in [-0.39, 0.29) is 11.5 Å². The van der Waals surface area contributed by atoms with Gasteiger partial charge in [0, 0.05) is 0 Å². The predicted molar refractivity (Wildman–Crippen MR) is 64.5 cm³/mol. The topological polar surface area (TPSA) is 56.0 Å². The Morgan fingerprint density at radius 2 is 1.68 bits per heavy atom. The smallest absolute Gasteiger partial charge is 0.384 e. The van der Waals surface area contributed by atoms with E-state index in [9.17, 15) is 18.0 Å². The van der Waals surface area contributed by atoms with Crippen molar-refractivity contribution < 1.29 is 18.0 Å². The van der Waals surface area contributed by atoms with E-state index in [0.717, 1.165) is 12.1 Å². The average Bonchev–Trinajstić information content (AvgIpc) is 2.37. The largest absolute Gasteiger partial charge is 0.416 e. The van der Waals surface area contributed by atoms with E-state index in [0.29, 0.717) is 17.4 Å². The van der Waals surface area contributed by atoms with Gasteiger partial charge in [0.2, 0.25) is 0 Å². The second-order valence-corrected chi connectivity index (χ2v) is 3.90. The predicted octanol–water partition coefficient (Wildman–Crippen LogP) is 3.16. The molecule has 0 unspecified atom stereocenters. The highest BCUT2D eigenvalue weighted by molar-refractivity contribution is 5.78. The summed E-state index contributed by atoms with van der Waals surface area (Å²) in [6.45, 7) is 0. The molecule has 0 fully saturated rings. The Bertz CT molecular complexity index is 606. The number of nitrogens with zero attached hydrogens (tertiary/aromatic N) is 1. The Morgan fingerprint density at radius 3 is 2.21 bits per heavy atom. The van der Waals surface area contributed by atoms with Crippen molar-refractivity contribution in [1.29, 1.82) is 0 Å². The van der Waals surface area contributed by atoms with Crippen molar-refractivity contribution in [1.82, 2.24) is 4.98 Å². The molecular weight excluding hydrogens is 257 g/mol. The van der Waals surface area contributed by atoms with Gasteiger partial charge in [-0.25, -0.2) is 4.98 Å². The molecule has 0 aliphatic rings. The zero-order valence-corrected chi connectivity index (χ0v) is 9.61. The molecule has 0 amide bonds. The molecule has 0 atom stereocenters. The van der Waals surface area contributed by atoms with Crippen molar-refractivity contribution in [3.05, 3.63) is 47.7 Å². The van der Waals surface area contributed by atoms with Gasteiger partial charge in [-0.2, -0.15) is 13.2 Å². The van der Waals surface area contributed by atoms with E-state index in [1.807, 2.05) is 0 Å². The Hall–Kier alpha value is -2.37. The third kappa shape index (κ3) is 2.90. The molecule has 2 aromatic rings. The standard InChI is InChI=1S/C13H9F3N2O/c14-13(15,16)10-3-1-8(2-4-10)9-5-11(7-19)18-12(17)6-9/h1-7H,(H2,17,18). The van der Waals surface area contributed by atoms with Gasteiger partial charge in [0.15, 0.2) is 6.29 Å². The summed E-state index contributed by atoms with van der Waals surface area (Å²) in [7, 11) is 0. The second kappa shape index (κ2) is 4.72. The van der Waals surface area contributed by atoms with E-state index >= 15 is 0 Å². The number of carbonyl (C=O) groups is 1. The minimum absolute atomic E-state index is 0.134. The van der Waals surface area contributed by atoms with Gasteiger partial charge < -0.3 is 5.73 Å². The van der Waals surface area contributed by atoms with Crippen LogP contribution < -0.4 is 5.73 Å². The van der Waals surface area contributed by atoms with Crippen LogP contribution in [-0.4, -0.2) is 11.3 Å². The maximum Gasteiger partial charge on any atom is 0.416 e. The summed E-state index contributed by atoms with van der Waals surface area (Å²) in [6, 6.07) is 7.57. The third-order valence-electron chi connectivity index (χ3n) is 2.53. The number of nitrogens with two attached hydrogens (primary N) is 1. The van der Waals surface area contributed by atoms with Gasteiger partial charge in [0.05, 0.1) is 5.56 Å². The Balaban J connectivity index is 2.42. The summed E-state index contributed by atoms with van der Waals surface area (Å²) in [4.78, 5) is 14.4. The van der Waals surface area contributed by atoms with Crippen LogP contribution in [0.25, 0.3) is 11.1 Å². The van der Waals surface area contributed by atoms with Crippen LogP contribution in [0.3, 0.4) is 0 Å². The van der Waals surface area contributed by atoms with E-state index < -0.39 is 11.7 Å². The fourth-order valence-corrected chi connectivity index (χ4v) is 1.65. The van der Waals surface area contributed by atoms with Crippen molar-refractivity contribution in [3.63, 3.8) is 0 Å². The molecule has 19 heavy (non-hydrogen) atoms.